The van der Waals surface area contributed by atoms with Crippen molar-refractivity contribution in [2.45, 2.75) is 31.6 Å². The minimum Gasteiger partial charge on any atom is -0.381 e. The topological polar surface area (TPSA) is 67.0 Å². The molecule has 0 spiro atoms. The minimum absolute atomic E-state index is 0.0718. The molecule has 0 atom stereocenters. The van der Waals surface area contributed by atoms with Gasteiger partial charge in [0.15, 0.2) is 0 Å². The Morgan fingerprint density at radius 1 is 1.39 bits per heavy atom. The Hall–Kier alpha value is -1.36. The van der Waals surface area contributed by atoms with Crippen LogP contribution < -0.4 is 5.32 Å². The van der Waals surface area contributed by atoms with E-state index in [0.717, 1.165) is 31.4 Å². The SMILES string of the molecule is O=C(Nc1cc(C2C[CH]C2)n[nH]1)C1CCOCC1. The maximum absolute atomic E-state index is 12.0. The lowest BCUT2D eigenvalue weighted by molar-refractivity contribution is -0.122. The summed E-state index contributed by atoms with van der Waals surface area (Å²) in [5.41, 5.74) is 1.06. The van der Waals surface area contributed by atoms with E-state index < -0.39 is 0 Å². The zero-order valence-corrected chi connectivity index (χ0v) is 10.3. The number of rotatable bonds is 3. The molecule has 2 N–H and O–H groups in total. The first-order chi connectivity index (χ1) is 8.83. The number of amides is 1. The first-order valence-electron chi connectivity index (χ1n) is 6.58. The van der Waals surface area contributed by atoms with Gasteiger partial charge in [0, 0.05) is 31.1 Å². The molecule has 0 aromatic carbocycles. The third kappa shape index (κ3) is 2.41. The Morgan fingerprint density at radius 3 is 2.83 bits per heavy atom. The number of nitrogens with zero attached hydrogens (tertiary/aromatic N) is 1. The van der Waals surface area contributed by atoms with Gasteiger partial charge in [-0.2, -0.15) is 5.10 Å². The summed E-state index contributed by atoms with van der Waals surface area (Å²) in [5.74, 6) is 1.40. The molecule has 1 saturated carbocycles. The molecule has 18 heavy (non-hydrogen) atoms. The first-order valence-corrected chi connectivity index (χ1v) is 6.58. The Kier molecular flexibility index (Phi) is 3.32. The molecular formula is C13H18N3O2. The molecule has 1 aromatic rings. The van der Waals surface area contributed by atoms with Gasteiger partial charge in [-0.05, 0) is 32.1 Å². The van der Waals surface area contributed by atoms with Gasteiger partial charge in [-0.1, -0.05) is 0 Å². The average molecular weight is 248 g/mol. The van der Waals surface area contributed by atoms with Crippen LogP contribution in [0.15, 0.2) is 6.07 Å². The van der Waals surface area contributed by atoms with Crippen LogP contribution in [0.2, 0.25) is 0 Å². The maximum Gasteiger partial charge on any atom is 0.228 e. The number of ether oxygens (including phenoxy) is 1. The second-order valence-electron chi connectivity index (χ2n) is 5.04. The fraction of sp³-hybridized carbons (Fsp3) is 0.615. The van der Waals surface area contributed by atoms with Crippen LogP contribution in [0.25, 0.3) is 0 Å². The van der Waals surface area contributed by atoms with Crippen LogP contribution in [0.3, 0.4) is 0 Å². The van der Waals surface area contributed by atoms with E-state index in [1.165, 1.54) is 0 Å². The van der Waals surface area contributed by atoms with Gasteiger partial charge < -0.3 is 10.1 Å². The van der Waals surface area contributed by atoms with E-state index >= 15 is 0 Å². The Bertz CT molecular complexity index is 420. The van der Waals surface area contributed by atoms with Crippen molar-refractivity contribution < 1.29 is 9.53 Å². The monoisotopic (exact) mass is 248 g/mol. The number of hydrogen-bond acceptors (Lipinski definition) is 3. The van der Waals surface area contributed by atoms with Crippen molar-refractivity contribution >= 4 is 11.7 Å². The van der Waals surface area contributed by atoms with Gasteiger partial charge in [-0.15, -0.1) is 0 Å². The largest absolute Gasteiger partial charge is 0.381 e. The molecule has 5 heteroatoms. The third-order valence-electron chi connectivity index (χ3n) is 3.77. The van der Waals surface area contributed by atoms with Gasteiger partial charge in [-0.25, -0.2) is 0 Å². The molecule has 97 valence electrons. The van der Waals surface area contributed by atoms with Crippen LogP contribution >= 0.6 is 0 Å². The summed E-state index contributed by atoms with van der Waals surface area (Å²) in [6.07, 6.45) is 6.06. The molecule has 5 nitrogen and oxygen atoms in total. The predicted octanol–water partition coefficient (Wildman–Crippen LogP) is 1.86. The van der Waals surface area contributed by atoms with Gasteiger partial charge in [0.05, 0.1) is 5.69 Å². The highest BCUT2D eigenvalue weighted by Crippen LogP contribution is 2.35. The van der Waals surface area contributed by atoms with Crippen molar-refractivity contribution in [1.82, 2.24) is 10.2 Å². The second-order valence-corrected chi connectivity index (χ2v) is 5.04. The normalized spacial score (nSPS) is 21.6. The quantitative estimate of drug-likeness (QED) is 0.858. The lowest BCUT2D eigenvalue weighted by Gasteiger charge is -2.22. The van der Waals surface area contributed by atoms with E-state index in [1.807, 2.05) is 6.07 Å². The zero-order valence-electron chi connectivity index (χ0n) is 10.3. The molecule has 1 aromatic heterocycles. The summed E-state index contributed by atoms with van der Waals surface area (Å²) in [6.45, 7) is 1.37. The van der Waals surface area contributed by atoms with Crippen molar-refractivity contribution in [2.75, 3.05) is 18.5 Å². The molecule has 3 rings (SSSR count). The van der Waals surface area contributed by atoms with Crippen LogP contribution in [0.1, 0.15) is 37.3 Å². The highest BCUT2D eigenvalue weighted by Gasteiger charge is 2.24. The van der Waals surface area contributed by atoms with Crippen molar-refractivity contribution in [3.63, 3.8) is 0 Å². The molecule has 1 saturated heterocycles. The Balaban J connectivity index is 1.57. The number of carbonyl (C=O) groups is 1. The summed E-state index contributed by atoms with van der Waals surface area (Å²) in [4.78, 5) is 12.0. The molecule has 1 aliphatic carbocycles. The summed E-state index contributed by atoms with van der Waals surface area (Å²) in [7, 11) is 0. The maximum atomic E-state index is 12.0. The van der Waals surface area contributed by atoms with E-state index in [9.17, 15) is 4.79 Å². The van der Waals surface area contributed by atoms with Gasteiger partial charge in [-0.3, -0.25) is 9.89 Å². The standard InChI is InChI=1S/C13H18N3O2/c17-13(10-4-6-18-7-5-10)14-12-8-11(15-16-12)9-2-1-3-9/h1,8-10H,2-7H2,(H2,14,15,16,17). The third-order valence-corrected chi connectivity index (χ3v) is 3.77. The van der Waals surface area contributed by atoms with Crippen molar-refractivity contribution in [2.24, 2.45) is 5.92 Å². The Morgan fingerprint density at radius 2 is 2.17 bits per heavy atom. The number of aromatic nitrogens is 2. The number of hydrogen-bond donors (Lipinski definition) is 2. The zero-order chi connectivity index (χ0) is 12.4. The number of anilines is 1. The van der Waals surface area contributed by atoms with Crippen LogP contribution in [-0.4, -0.2) is 29.3 Å². The van der Waals surface area contributed by atoms with Crippen molar-refractivity contribution in [3.05, 3.63) is 18.2 Å². The number of nitrogens with one attached hydrogen (secondary N) is 2. The molecule has 2 aliphatic rings. The van der Waals surface area contributed by atoms with Gasteiger partial charge in [0.25, 0.3) is 0 Å². The molecule has 1 radical (unpaired) electrons. The van der Waals surface area contributed by atoms with Gasteiger partial charge in [0.2, 0.25) is 5.91 Å². The number of carbonyl (C=O) groups excluding carboxylic acids is 1. The van der Waals surface area contributed by atoms with Crippen LogP contribution in [0.4, 0.5) is 5.82 Å². The highest BCUT2D eigenvalue weighted by atomic mass is 16.5. The van der Waals surface area contributed by atoms with E-state index in [2.05, 4.69) is 21.9 Å². The van der Waals surface area contributed by atoms with Gasteiger partial charge in [0.1, 0.15) is 5.82 Å². The lowest BCUT2D eigenvalue weighted by atomic mass is 9.83. The highest BCUT2D eigenvalue weighted by molar-refractivity contribution is 5.91. The molecule has 1 aliphatic heterocycles. The van der Waals surface area contributed by atoms with Crippen molar-refractivity contribution in [3.8, 4) is 0 Å². The second kappa shape index (κ2) is 5.10. The van der Waals surface area contributed by atoms with Crippen LogP contribution in [0.5, 0.6) is 0 Å². The molecule has 0 bridgehead atoms. The number of H-pyrrole nitrogens is 1. The fourth-order valence-corrected chi connectivity index (χ4v) is 2.38. The minimum atomic E-state index is 0.0718. The fourth-order valence-electron chi connectivity index (χ4n) is 2.38. The Labute approximate surface area is 106 Å². The summed E-state index contributed by atoms with van der Waals surface area (Å²) in [6, 6.07) is 1.95. The van der Waals surface area contributed by atoms with E-state index in [0.29, 0.717) is 24.9 Å². The van der Waals surface area contributed by atoms with E-state index in [1.54, 1.807) is 0 Å². The summed E-state index contributed by atoms with van der Waals surface area (Å²) < 4.78 is 5.25. The molecular weight excluding hydrogens is 230 g/mol. The van der Waals surface area contributed by atoms with Gasteiger partial charge >= 0.3 is 0 Å². The summed E-state index contributed by atoms with van der Waals surface area (Å²) >= 11 is 0. The van der Waals surface area contributed by atoms with E-state index in [4.69, 9.17) is 4.74 Å². The average Bonchev–Trinajstić information content (AvgIpc) is 2.76. The first kappa shape index (κ1) is 11.7. The van der Waals surface area contributed by atoms with E-state index in [-0.39, 0.29) is 11.8 Å². The lowest BCUT2D eigenvalue weighted by Crippen LogP contribution is -2.28. The van der Waals surface area contributed by atoms with Crippen LogP contribution in [0, 0.1) is 12.3 Å². The molecule has 0 unspecified atom stereocenters. The molecule has 2 heterocycles. The number of aromatic amines is 1. The molecule has 2 fully saturated rings. The predicted molar refractivity (Wildman–Crippen MR) is 67.0 cm³/mol. The van der Waals surface area contributed by atoms with Crippen LogP contribution in [-0.2, 0) is 9.53 Å². The molecule has 1 amide bonds. The smallest absolute Gasteiger partial charge is 0.228 e. The summed E-state index contributed by atoms with van der Waals surface area (Å²) in [5, 5.41) is 10.1. The van der Waals surface area contributed by atoms with Crippen molar-refractivity contribution in [1.29, 1.82) is 0 Å².